The lowest BCUT2D eigenvalue weighted by molar-refractivity contribution is 1.18. The number of rotatable bonds is 7. The Balaban J connectivity index is 1.25. The molecule has 0 spiro atoms. The second kappa shape index (κ2) is 12.8. The molecule has 0 fully saturated rings. The molecular weight excluding hydrogens is 655 g/mol. The molecule has 0 unspecified atom stereocenters. The fourth-order valence-corrected chi connectivity index (χ4v) is 8.21. The van der Waals surface area contributed by atoms with Crippen molar-refractivity contribution in [3.63, 3.8) is 0 Å². The zero-order chi connectivity index (χ0) is 36.2. The monoisotopic (exact) mass is 689 g/mol. The molecule has 0 aliphatic carbocycles. The molecule has 0 amide bonds. The smallest absolute Gasteiger partial charge is 0.0702 e. The average Bonchev–Trinajstić information content (AvgIpc) is 3.56. The zero-order valence-corrected chi connectivity index (χ0v) is 29.7. The van der Waals surface area contributed by atoms with Crippen LogP contribution in [0.3, 0.4) is 0 Å². The van der Waals surface area contributed by atoms with Gasteiger partial charge in [-0.1, -0.05) is 128 Å². The van der Waals surface area contributed by atoms with Crippen LogP contribution in [0.5, 0.6) is 0 Å². The first kappa shape index (κ1) is 31.5. The standard InChI is InChI=1S/C51H35N3/c1-3-12-34(4-2)36-20-25-41(26-21-36)54-48-19-11-16-38-15-10-17-42(51(38)48)44-32-45-43-31-39(46-18-8-9-30-52-46)24-29-47(43)53(50(45)33-49(44)54)40-27-22-37(23-28-40)35-13-6-5-7-14-35/h3-33H,1-2H2/b34-12+. The maximum atomic E-state index is 4.71. The highest BCUT2D eigenvalue weighted by Crippen LogP contribution is 2.53. The van der Waals surface area contributed by atoms with Gasteiger partial charge in [-0.2, -0.15) is 0 Å². The molecule has 10 rings (SSSR count). The van der Waals surface area contributed by atoms with E-state index in [1.807, 2.05) is 36.6 Å². The molecule has 0 atom stereocenters. The fraction of sp³-hybridized carbons (Fsp3) is 0. The first-order chi connectivity index (χ1) is 26.7. The first-order valence-electron chi connectivity index (χ1n) is 18.3. The molecule has 3 heteroatoms. The van der Waals surface area contributed by atoms with Crippen LogP contribution < -0.4 is 4.90 Å². The van der Waals surface area contributed by atoms with Gasteiger partial charge in [0.25, 0.3) is 0 Å². The maximum Gasteiger partial charge on any atom is 0.0702 e. The van der Waals surface area contributed by atoms with Gasteiger partial charge in [0.1, 0.15) is 0 Å². The minimum atomic E-state index is 0.960. The maximum absolute atomic E-state index is 4.71. The summed E-state index contributed by atoms with van der Waals surface area (Å²) in [6.45, 7) is 7.94. The van der Waals surface area contributed by atoms with E-state index in [4.69, 9.17) is 4.98 Å². The van der Waals surface area contributed by atoms with Gasteiger partial charge in [-0.05, 0) is 99.9 Å². The summed E-state index contributed by atoms with van der Waals surface area (Å²) in [6, 6.07) is 59.2. The number of anilines is 3. The molecule has 0 saturated carbocycles. The van der Waals surface area contributed by atoms with E-state index in [1.165, 1.54) is 49.5 Å². The highest BCUT2D eigenvalue weighted by molar-refractivity contribution is 6.19. The van der Waals surface area contributed by atoms with Crippen LogP contribution in [0.25, 0.3) is 77.3 Å². The van der Waals surface area contributed by atoms with E-state index in [2.05, 4.69) is 174 Å². The van der Waals surface area contributed by atoms with Crippen LogP contribution in [0.4, 0.5) is 17.1 Å². The largest absolute Gasteiger partial charge is 0.309 e. The van der Waals surface area contributed by atoms with E-state index in [-0.39, 0.29) is 0 Å². The first-order valence-corrected chi connectivity index (χ1v) is 18.3. The molecule has 3 heterocycles. The van der Waals surface area contributed by atoms with Crippen LogP contribution in [0, 0.1) is 0 Å². The third kappa shape index (κ3) is 5.02. The van der Waals surface area contributed by atoms with Crippen molar-refractivity contribution in [2.75, 3.05) is 4.90 Å². The van der Waals surface area contributed by atoms with Crippen LogP contribution in [0.1, 0.15) is 5.56 Å². The Morgan fingerprint density at radius 2 is 1.26 bits per heavy atom. The normalized spacial score (nSPS) is 12.3. The molecule has 7 aromatic carbocycles. The SMILES string of the molecule is C=C/C=C(\C=C)c1ccc(N2c3cc4c(cc3-c3cccc5cccc2c35)c2cc(-c3ccccn3)ccc2n4-c2ccc(-c3ccccc3)cc2)cc1. The van der Waals surface area contributed by atoms with Crippen molar-refractivity contribution in [1.29, 1.82) is 0 Å². The van der Waals surface area contributed by atoms with Gasteiger partial charge < -0.3 is 9.47 Å². The lowest BCUT2D eigenvalue weighted by atomic mass is 9.89. The summed E-state index contributed by atoms with van der Waals surface area (Å²) in [4.78, 5) is 7.14. The Morgan fingerprint density at radius 1 is 0.537 bits per heavy atom. The molecule has 1 aliphatic heterocycles. The highest BCUT2D eigenvalue weighted by atomic mass is 15.2. The summed E-state index contributed by atoms with van der Waals surface area (Å²) in [5.41, 5.74) is 15.8. The van der Waals surface area contributed by atoms with E-state index in [9.17, 15) is 0 Å². The number of fused-ring (bicyclic) bond motifs is 5. The van der Waals surface area contributed by atoms with E-state index in [0.29, 0.717) is 0 Å². The molecule has 0 N–H and O–H groups in total. The molecule has 0 radical (unpaired) electrons. The second-order valence-electron chi connectivity index (χ2n) is 13.7. The van der Waals surface area contributed by atoms with E-state index in [0.717, 1.165) is 50.5 Å². The number of hydrogen-bond donors (Lipinski definition) is 0. The second-order valence-corrected chi connectivity index (χ2v) is 13.7. The van der Waals surface area contributed by atoms with Crippen molar-refractivity contribution in [2.24, 2.45) is 0 Å². The summed E-state index contributed by atoms with van der Waals surface area (Å²) in [5, 5.41) is 4.86. The predicted molar refractivity (Wildman–Crippen MR) is 229 cm³/mol. The zero-order valence-electron chi connectivity index (χ0n) is 29.7. The van der Waals surface area contributed by atoms with Gasteiger partial charge in [-0.15, -0.1) is 0 Å². The van der Waals surface area contributed by atoms with Gasteiger partial charge in [0, 0.05) is 44.9 Å². The third-order valence-electron chi connectivity index (χ3n) is 10.7. The third-order valence-corrected chi connectivity index (χ3v) is 10.7. The van der Waals surface area contributed by atoms with Crippen LogP contribution in [0.15, 0.2) is 201 Å². The van der Waals surface area contributed by atoms with Crippen molar-refractivity contribution < 1.29 is 0 Å². The van der Waals surface area contributed by atoms with Crippen molar-refractivity contribution >= 4 is 55.2 Å². The Hall–Kier alpha value is -7.23. The average molecular weight is 690 g/mol. The minimum Gasteiger partial charge on any atom is -0.309 e. The molecule has 0 saturated heterocycles. The summed E-state index contributed by atoms with van der Waals surface area (Å²) in [5.74, 6) is 0. The Labute approximate surface area is 314 Å². The number of benzene rings is 7. The van der Waals surface area contributed by atoms with Crippen molar-refractivity contribution in [3.05, 3.63) is 207 Å². The summed E-state index contributed by atoms with van der Waals surface area (Å²) in [7, 11) is 0. The van der Waals surface area contributed by atoms with Crippen LogP contribution in [-0.4, -0.2) is 9.55 Å². The fourth-order valence-electron chi connectivity index (χ4n) is 8.21. The highest BCUT2D eigenvalue weighted by Gasteiger charge is 2.28. The molecular formula is C51H35N3. The minimum absolute atomic E-state index is 0.960. The van der Waals surface area contributed by atoms with Gasteiger partial charge in [-0.25, -0.2) is 0 Å². The van der Waals surface area contributed by atoms with Gasteiger partial charge >= 0.3 is 0 Å². The molecule has 54 heavy (non-hydrogen) atoms. The van der Waals surface area contributed by atoms with Crippen molar-refractivity contribution in [1.82, 2.24) is 9.55 Å². The Kier molecular flexibility index (Phi) is 7.45. The predicted octanol–water partition coefficient (Wildman–Crippen LogP) is 13.9. The van der Waals surface area contributed by atoms with E-state index in [1.54, 1.807) is 0 Å². The molecule has 3 nitrogen and oxygen atoms in total. The van der Waals surface area contributed by atoms with Crippen LogP contribution in [-0.2, 0) is 0 Å². The van der Waals surface area contributed by atoms with Crippen molar-refractivity contribution in [3.8, 4) is 39.2 Å². The Morgan fingerprint density at radius 3 is 2.02 bits per heavy atom. The van der Waals surface area contributed by atoms with Gasteiger partial charge in [0.2, 0.25) is 0 Å². The van der Waals surface area contributed by atoms with Gasteiger partial charge in [0.05, 0.1) is 28.1 Å². The number of hydrogen-bond acceptors (Lipinski definition) is 2. The Bertz CT molecular complexity index is 2930. The number of aromatic nitrogens is 2. The van der Waals surface area contributed by atoms with Crippen molar-refractivity contribution in [2.45, 2.75) is 0 Å². The van der Waals surface area contributed by atoms with Gasteiger partial charge in [-0.3, -0.25) is 4.98 Å². The molecule has 2 aromatic heterocycles. The van der Waals surface area contributed by atoms with Crippen LogP contribution >= 0.6 is 0 Å². The summed E-state index contributed by atoms with van der Waals surface area (Å²) >= 11 is 0. The van der Waals surface area contributed by atoms with E-state index < -0.39 is 0 Å². The number of pyridine rings is 1. The van der Waals surface area contributed by atoms with Gasteiger partial charge in [0.15, 0.2) is 0 Å². The van der Waals surface area contributed by atoms with E-state index >= 15 is 0 Å². The quantitative estimate of drug-likeness (QED) is 0.155. The molecule has 1 aliphatic rings. The lowest BCUT2D eigenvalue weighted by Crippen LogP contribution is -2.15. The number of nitrogens with zero attached hydrogens (tertiary/aromatic N) is 3. The molecule has 9 aromatic rings. The topological polar surface area (TPSA) is 21.1 Å². The molecule has 0 bridgehead atoms. The lowest BCUT2D eigenvalue weighted by Gasteiger charge is -2.34. The summed E-state index contributed by atoms with van der Waals surface area (Å²) < 4.78 is 2.42. The molecule has 254 valence electrons. The van der Waals surface area contributed by atoms with Crippen LogP contribution in [0.2, 0.25) is 0 Å². The number of allylic oxidation sites excluding steroid dienone is 4. The summed E-state index contributed by atoms with van der Waals surface area (Å²) in [6.07, 6.45) is 7.55.